The molecule has 3 aromatic rings. The highest BCUT2D eigenvalue weighted by molar-refractivity contribution is 6.00. The first-order valence-electron chi connectivity index (χ1n) is 13.0. The van der Waals surface area contributed by atoms with E-state index in [4.69, 9.17) is 14.2 Å². The van der Waals surface area contributed by atoms with Crippen molar-refractivity contribution in [3.8, 4) is 22.6 Å². The van der Waals surface area contributed by atoms with Crippen molar-refractivity contribution in [3.63, 3.8) is 0 Å². The summed E-state index contributed by atoms with van der Waals surface area (Å²) >= 11 is 0. The number of rotatable bonds is 14. The number of ether oxygens (including phenoxy) is 3. The van der Waals surface area contributed by atoms with Gasteiger partial charge in [0.1, 0.15) is 0 Å². The minimum atomic E-state index is -0.257. The molecular formula is C31H35NO6. The van der Waals surface area contributed by atoms with Gasteiger partial charge in [0, 0.05) is 30.5 Å². The molecule has 0 atom stereocenters. The Balaban J connectivity index is 1.67. The molecule has 0 aliphatic carbocycles. The van der Waals surface area contributed by atoms with Crippen molar-refractivity contribution in [3.05, 3.63) is 77.9 Å². The number of carbonyl (C=O) groups excluding carboxylic acids is 3. The Kier molecular flexibility index (Phi) is 10.9. The van der Waals surface area contributed by atoms with E-state index in [2.05, 4.69) is 5.32 Å². The maximum atomic E-state index is 12.8. The second-order valence-corrected chi connectivity index (χ2v) is 8.54. The van der Waals surface area contributed by atoms with Crippen LogP contribution in [0.1, 0.15) is 56.0 Å². The lowest BCUT2D eigenvalue weighted by molar-refractivity contribution is -0.143. The molecule has 1 N–H and O–H groups in total. The Hall–Kier alpha value is -4.13. The van der Waals surface area contributed by atoms with Gasteiger partial charge in [-0.2, -0.15) is 0 Å². The molecule has 7 heteroatoms. The third-order valence-corrected chi connectivity index (χ3v) is 5.83. The van der Waals surface area contributed by atoms with Crippen LogP contribution in [-0.2, 0) is 20.7 Å². The van der Waals surface area contributed by atoms with Gasteiger partial charge in [0.05, 0.1) is 19.8 Å². The number of carbonyl (C=O) groups is 3. The Morgan fingerprint density at radius 1 is 0.737 bits per heavy atom. The number of esters is 1. The molecule has 0 saturated heterocycles. The van der Waals surface area contributed by atoms with E-state index in [1.807, 2.05) is 62.4 Å². The van der Waals surface area contributed by atoms with Crippen LogP contribution in [0.2, 0.25) is 0 Å². The minimum absolute atomic E-state index is 0.0429. The topological polar surface area (TPSA) is 90.9 Å². The largest absolute Gasteiger partial charge is 0.490 e. The zero-order chi connectivity index (χ0) is 27.3. The second-order valence-electron chi connectivity index (χ2n) is 8.54. The molecule has 3 aromatic carbocycles. The van der Waals surface area contributed by atoms with E-state index >= 15 is 0 Å². The third kappa shape index (κ3) is 8.20. The Morgan fingerprint density at radius 2 is 1.47 bits per heavy atom. The summed E-state index contributed by atoms with van der Waals surface area (Å²) < 4.78 is 16.2. The van der Waals surface area contributed by atoms with Crippen molar-refractivity contribution >= 4 is 23.3 Å². The summed E-state index contributed by atoms with van der Waals surface area (Å²) in [6.45, 7) is 6.83. The molecule has 0 heterocycles. The fourth-order valence-corrected chi connectivity index (χ4v) is 4.05. The first-order chi connectivity index (χ1) is 18.4. The fraction of sp³-hybridized carbons (Fsp3) is 0.323. The molecule has 0 radical (unpaired) electrons. The van der Waals surface area contributed by atoms with E-state index < -0.39 is 0 Å². The van der Waals surface area contributed by atoms with Crippen LogP contribution in [0.4, 0.5) is 5.69 Å². The molecule has 7 nitrogen and oxygen atoms in total. The van der Waals surface area contributed by atoms with Gasteiger partial charge in [-0.25, -0.2) is 0 Å². The number of hydrogen-bond acceptors (Lipinski definition) is 6. The predicted molar refractivity (Wildman–Crippen MR) is 148 cm³/mol. The van der Waals surface area contributed by atoms with Crippen LogP contribution in [0.25, 0.3) is 11.1 Å². The molecule has 0 bridgehead atoms. The van der Waals surface area contributed by atoms with Crippen molar-refractivity contribution in [2.24, 2.45) is 0 Å². The molecule has 3 rings (SSSR count). The standard InChI is InChI=1S/C31H35NO6/c1-4-36-28-17-13-24(20-29(28)37-5-2)27(33)16-18-30(34)32-25-15-12-23(14-19-31(35)38-6-3)26(21-25)22-10-8-7-9-11-22/h7-13,15,17,20-21H,4-6,14,16,18-19H2,1-3H3,(H,32,34). The van der Waals surface area contributed by atoms with Crippen molar-refractivity contribution in [1.29, 1.82) is 0 Å². The zero-order valence-electron chi connectivity index (χ0n) is 22.3. The van der Waals surface area contributed by atoms with Gasteiger partial charge in [-0.15, -0.1) is 0 Å². The van der Waals surface area contributed by atoms with Gasteiger partial charge in [-0.3, -0.25) is 14.4 Å². The van der Waals surface area contributed by atoms with Crippen LogP contribution in [-0.4, -0.2) is 37.5 Å². The lowest BCUT2D eigenvalue weighted by Crippen LogP contribution is -2.14. The first kappa shape index (κ1) is 28.4. The molecule has 38 heavy (non-hydrogen) atoms. The summed E-state index contributed by atoms with van der Waals surface area (Å²) in [5.74, 6) is 0.454. The molecule has 0 aromatic heterocycles. The molecule has 0 fully saturated rings. The van der Waals surface area contributed by atoms with Gasteiger partial charge in [-0.05, 0) is 74.2 Å². The molecule has 0 spiro atoms. The lowest BCUT2D eigenvalue weighted by Gasteiger charge is -2.13. The molecule has 0 saturated carbocycles. The molecule has 200 valence electrons. The van der Waals surface area contributed by atoms with Crippen molar-refractivity contribution in [2.45, 2.75) is 46.5 Å². The number of ketones is 1. The SMILES string of the molecule is CCOC(=O)CCc1ccc(NC(=O)CCC(=O)c2ccc(OCC)c(OCC)c2)cc1-c1ccccc1. The summed E-state index contributed by atoms with van der Waals surface area (Å²) in [5, 5.41) is 2.90. The van der Waals surface area contributed by atoms with Gasteiger partial charge >= 0.3 is 5.97 Å². The number of amides is 1. The maximum absolute atomic E-state index is 12.8. The highest BCUT2D eigenvalue weighted by Crippen LogP contribution is 2.30. The molecule has 0 aliphatic heterocycles. The summed E-state index contributed by atoms with van der Waals surface area (Å²) in [4.78, 5) is 37.4. The predicted octanol–water partition coefficient (Wildman–Crippen LogP) is 6.25. The highest BCUT2D eigenvalue weighted by atomic mass is 16.5. The minimum Gasteiger partial charge on any atom is -0.490 e. The Bertz CT molecular complexity index is 1240. The van der Waals surface area contributed by atoms with Crippen molar-refractivity contribution in [1.82, 2.24) is 0 Å². The average molecular weight is 518 g/mol. The van der Waals surface area contributed by atoms with E-state index in [0.29, 0.717) is 49.0 Å². The smallest absolute Gasteiger partial charge is 0.306 e. The maximum Gasteiger partial charge on any atom is 0.306 e. The van der Waals surface area contributed by atoms with Crippen LogP contribution in [0.3, 0.4) is 0 Å². The quantitative estimate of drug-likeness (QED) is 0.201. The summed E-state index contributed by atoms with van der Waals surface area (Å²) in [5.41, 5.74) is 4.00. The van der Waals surface area contributed by atoms with Crippen LogP contribution in [0.15, 0.2) is 66.7 Å². The number of nitrogens with one attached hydrogen (secondary N) is 1. The second kappa shape index (κ2) is 14.6. The molecule has 0 unspecified atom stereocenters. The summed E-state index contributed by atoms with van der Waals surface area (Å²) in [6.07, 6.45) is 0.908. The summed E-state index contributed by atoms with van der Waals surface area (Å²) in [7, 11) is 0. The van der Waals surface area contributed by atoms with E-state index in [9.17, 15) is 14.4 Å². The van der Waals surface area contributed by atoms with E-state index in [1.165, 1.54) is 0 Å². The first-order valence-corrected chi connectivity index (χ1v) is 13.0. The number of anilines is 1. The van der Waals surface area contributed by atoms with Crippen LogP contribution >= 0.6 is 0 Å². The fourth-order valence-electron chi connectivity index (χ4n) is 4.05. The van der Waals surface area contributed by atoms with Crippen LogP contribution in [0.5, 0.6) is 11.5 Å². The van der Waals surface area contributed by atoms with Crippen molar-refractivity contribution < 1.29 is 28.6 Å². The van der Waals surface area contributed by atoms with Gasteiger partial charge in [0.2, 0.25) is 5.91 Å². The Morgan fingerprint density at radius 3 is 2.18 bits per heavy atom. The number of aryl methyl sites for hydroxylation is 1. The lowest BCUT2D eigenvalue weighted by atomic mass is 9.96. The monoisotopic (exact) mass is 517 g/mol. The highest BCUT2D eigenvalue weighted by Gasteiger charge is 2.15. The van der Waals surface area contributed by atoms with E-state index in [-0.39, 0.29) is 36.9 Å². The van der Waals surface area contributed by atoms with E-state index in [0.717, 1.165) is 16.7 Å². The zero-order valence-corrected chi connectivity index (χ0v) is 22.3. The van der Waals surface area contributed by atoms with Crippen LogP contribution in [0, 0.1) is 0 Å². The Labute approximate surface area is 224 Å². The van der Waals surface area contributed by atoms with Gasteiger partial charge < -0.3 is 19.5 Å². The molecular weight excluding hydrogens is 482 g/mol. The molecule has 0 aliphatic rings. The van der Waals surface area contributed by atoms with Crippen molar-refractivity contribution in [2.75, 3.05) is 25.1 Å². The average Bonchev–Trinajstić information content (AvgIpc) is 2.93. The number of Topliss-reactive ketones (excluding diaryl/α,β-unsaturated/α-hetero) is 1. The normalized spacial score (nSPS) is 10.5. The van der Waals surface area contributed by atoms with Crippen LogP contribution < -0.4 is 14.8 Å². The van der Waals surface area contributed by atoms with E-state index in [1.54, 1.807) is 25.1 Å². The van der Waals surface area contributed by atoms with Gasteiger partial charge in [0.25, 0.3) is 0 Å². The van der Waals surface area contributed by atoms with Gasteiger partial charge in [0.15, 0.2) is 17.3 Å². The molecule has 1 amide bonds. The number of benzene rings is 3. The van der Waals surface area contributed by atoms with Gasteiger partial charge in [-0.1, -0.05) is 36.4 Å². The summed E-state index contributed by atoms with van der Waals surface area (Å²) in [6, 6.07) is 20.5. The number of hydrogen-bond donors (Lipinski definition) is 1. The third-order valence-electron chi connectivity index (χ3n) is 5.83.